The number of fused-ring (bicyclic) bond motifs is 1. The van der Waals surface area contributed by atoms with Crippen LogP contribution in [0.1, 0.15) is 31.4 Å². The van der Waals surface area contributed by atoms with E-state index in [0.717, 1.165) is 12.1 Å². The van der Waals surface area contributed by atoms with E-state index in [2.05, 4.69) is 43.3 Å². The van der Waals surface area contributed by atoms with E-state index in [1.165, 1.54) is 36.6 Å². The minimum atomic E-state index is 0.133. The summed E-state index contributed by atoms with van der Waals surface area (Å²) in [5.41, 5.74) is 9.11. The number of aryl methyl sites for hydroxylation is 1. The van der Waals surface area contributed by atoms with Gasteiger partial charge in [0, 0.05) is 30.4 Å². The second-order valence-electron chi connectivity index (χ2n) is 6.60. The van der Waals surface area contributed by atoms with Gasteiger partial charge in [-0.25, -0.2) is 0 Å². The van der Waals surface area contributed by atoms with Crippen molar-refractivity contribution in [2.75, 3.05) is 14.1 Å². The molecule has 1 saturated carbocycles. The maximum Gasteiger partial charge on any atom is 0.0719 e. The van der Waals surface area contributed by atoms with Gasteiger partial charge < -0.3 is 10.6 Å². The molecule has 1 fully saturated rings. The van der Waals surface area contributed by atoms with Crippen molar-refractivity contribution >= 4 is 10.9 Å². The lowest BCUT2D eigenvalue weighted by atomic mass is 9.84. The molecule has 0 amide bonds. The first-order chi connectivity index (χ1) is 10.0. The molecule has 1 unspecified atom stereocenters. The highest BCUT2D eigenvalue weighted by molar-refractivity contribution is 5.81. The zero-order valence-electron chi connectivity index (χ0n) is 13.3. The maximum absolute atomic E-state index is 6.66. The topological polar surface area (TPSA) is 47.1 Å². The third kappa shape index (κ3) is 2.36. The van der Waals surface area contributed by atoms with Gasteiger partial charge in [-0.15, -0.1) is 0 Å². The highest BCUT2D eigenvalue weighted by Crippen LogP contribution is 2.37. The molecule has 3 rings (SSSR count). The highest BCUT2D eigenvalue weighted by atomic mass is 15.3. The predicted octanol–water partition coefficient (Wildman–Crippen LogP) is 2.32. The molecule has 4 heteroatoms. The molecule has 114 valence electrons. The first-order valence-electron chi connectivity index (χ1n) is 7.88. The third-order valence-corrected chi connectivity index (χ3v) is 5.30. The molecule has 1 aromatic carbocycles. The Labute approximate surface area is 126 Å². The summed E-state index contributed by atoms with van der Waals surface area (Å²) in [6.45, 7) is 0. The Morgan fingerprint density at radius 2 is 1.95 bits per heavy atom. The van der Waals surface area contributed by atoms with E-state index < -0.39 is 0 Å². The van der Waals surface area contributed by atoms with Gasteiger partial charge in [-0.05, 0) is 33.0 Å². The fourth-order valence-corrected chi connectivity index (χ4v) is 3.97. The van der Waals surface area contributed by atoms with Gasteiger partial charge in [-0.1, -0.05) is 31.0 Å². The van der Waals surface area contributed by atoms with E-state index in [0.29, 0.717) is 0 Å². The van der Waals surface area contributed by atoms with Crippen LogP contribution in [0.2, 0.25) is 0 Å². The number of likely N-dealkylation sites (N-methyl/N-ethyl adjacent to an activating group) is 1. The second-order valence-corrected chi connectivity index (χ2v) is 6.60. The molecule has 1 aliphatic rings. The summed E-state index contributed by atoms with van der Waals surface area (Å²) in [5.74, 6) is 0. The van der Waals surface area contributed by atoms with Crippen molar-refractivity contribution in [2.45, 2.75) is 43.7 Å². The molecule has 0 bridgehead atoms. The third-order valence-electron chi connectivity index (χ3n) is 5.30. The van der Waals surface area contributed by atoms with Crippen molar-refractivity contribution in [3.63, 3.8) is 0 Å². The fourth-order valence-electron chi connectivity index (χ4n) is 3.97. The van der Waals surface area contributed by atoms with Crippen LogP contribution in [0.5, 0.6) is 0 Å². The lowest BCUT2D eigenvalue weighted by Gasteiger charge is -2.41. The summed E-state index contributed by atoms with van der Waals surface area (Å²) in [6, 6.07) is 8.55. The SMILES string of the molecule is CN(C)C1(C(N)Cc2nn(C)c3ccccc23)CCCC1. The Morgan fingerprint density at radius 1 is 1.29 bits per heavy atom. The van der Waals surface area contributed by atoms with Crippen LogP contribution in [0.15, 0.2) is 24.3 Å². The summed E-state index contributed by atoms with van der Waals surface area (Å²) in [5, 5.41) is 5.95. The van der Waals surface area contributed by atoms with Gasteiger partial charge in [0.1, 0.15) is 0 Å². The monoisotopic (exact) mass is 286 g/mol. The van der Waals surface area contributed by atoms with Crippen LogP contribution in [0.4, 0.5) is 0 Å². The van der Waals surface area contributed by atoms with E-state index in [1.54, 1.807) is 0 Å². The molecule has 0 spiro atoms. The summed E-state index contributed by atoms with van der Waals surface area (Å²) in [6.07, 6.45) is 5.82. The highest BCUT2D eigenvalue weighted by Gasteiger charge is 2.41. The Kier molecular flexibility index (Phi) is 3.76. The molecule has 1 atom stereocenters. The number of nitrogens with two attached hydrogens (primary N) is 1. The first kappa shape index (κ1) is 14.5. The molecule has 1 aliphatic carbocycles. The number of benzene rings is 1. The molecule has 0 radical (unpaired) electrons. The average Bonchev–Trinajstić information content (AvgIpc) is 3.07. The van der Waals surface area contributed by atoms with Crippen molar-refractivity contribution < 1.29 is 0 Å². The van der Waals surface area contributed by atoms with Crippen LogP contribution in [0.3, 0.4) is 0 Å². The Bertz CT molecular complexity index is 623. The van der Waals surface area contributed by atoms with Crippen LogP contribution in [0.25, 0.3) is 10.9 Å². The first-order valence-corrected chi connectivity index (χ1v) is 7.88. The van der Waals surface area contributed by atoms with Gasteiger partial charge in [0.05, 0.1) is 11.2 Å². The quantitative estimate of drug-likeness (QED) is 0.938. The Hall–Kier alpha value is -1.39. The van der Waals surface area contributed by atoms with E-state index in [-0.39, 0.29) is 11.6 Å². The number of hydrogen-bond acceptors (Lipinski definition) is 3. The van der Waals surface area contributed by atoms with Crippen molar-refractivity contribution in [1.82, 2.24) is 14.7 Å². The van der Waals surface area contributed by atoms with Crippen molar-refractivity contribution in [3.05, 3.63) is 30.0 Å². The van der Waals surface area contributed by atoms with E-state index in [4.69, 9.17) is 10.8 Å². The minimum Gasteiger partial charge on any atom is -0.326 e. The number of aromatic nitrogens is 2. The lowest BCUT2D eigenvalue weighted by Crippen LogP contribution is -2.56. The van der Waals surface area contributed by atoms with E-state index in [9.17, 15) is 0 Å². The molecule has 0 aliphatic heterocycles. The zero-order valence-corrected chi connectivity index (χ0v) is 13.3. The van der Waals surface area contributed by atoms with Crippen LogP contribution >= 0.6 is 0 Å². The van der Waals surface area contributed by atoms with Gasteiger partial charge in [-0.2, -0.15) is 5.10 Å². The molecular weight excluding hydrogens is 260 g/mol. The molecular formula is C17H26N4. The second kappa shape index (κ2) is 5.43. The summed E-state index contributed by atoms with van der Waals surface area (Å²) >= 11 is 0. The van der Waals surface area contributed by atoms with Gasteiger partial charge in [0.25, 0.3) is 0 Å². The van der Waals surface area contributed by atoms with Gasteiger partial charge in [0.15, 0.2) is 0 Å². The average molecular weight is 286 g/mol. The minimum absolute atomic E-state index is 0.133. The summed E-state index contributed by atoms with van der Waals surface area (Å²) < 4.78 is 1.97. The Morgan fingerprint density at radius 3 is 2.62 bits per heavy atom. The number of para-hydroxylation sites is 1. The maximum atomic E-state index is 6.66. The van der Waals surface area contributed by atoms with Crippen LogP contribution in [-0.2, 0) is 13.5 Å². The standard InChI is InChI=1S/C17H26N4/c1-20(2)17(10-6-7-11-17)16(18)12-14-13-8-4-5-9-15(13)21(3)19-14/h4-5,8-9,16H,6-7,10-12,18H2,1-3H3. The normalized spacial score (nSPS) is 19.5. The molecule has 1 heterocycles. The number of nitrogens with zero attached hydrogens (tertiary/aromatic N) is 3. The van der Waals surface area contributed by atoms with Gasteiger partial charge >= 0.3 is 0 Å². The number of hydrogen-bond donors (Lipinski definition) is 1. The van der Waals surface area contributed by atoms with Gasteiger partial charge in [0.2, 0.25) is 0 Å². The molecule has 1 aromatic heterocycles. The van der Waals surface area contributed by atoms with E-state index in [1.807, 2.05) is 11.7 Å². The Balaban J connectivity index is 1.91. The van der Waals surface area contributed by atoms with Crippen molar-refractivity contribution in [2.24, 2.45) is 12.8 Å². The molecule has 21 heavy (non-hydrogen) atoms. The van der Waals surface area contributed by atoms with Crippen molar-refractivity contribution in [1.29, 1.82) is 0 Å². The predicted molar refractivity (Wildman–Crippen MR) is 87.3 cm³/mol. The van der Waals surface area contributed by atoms with Crippen LogP contribution < -0.4 is 5.73 Å². The molecule has 2 aromatic rings. The molecule has 2 N–H and O–H groups in total. The molecule has 4 nitrogen and oxygen atoms in total. The van der Waals surface area contributed by atoms with Gasteiger partial charge in [-0.3, -0.25) is 4.68 Å². The van der Waals surface area contributed by atoms with Crippen molar-refractivity contribution in [3.8, 4) is 0 Å². The van der Waals surface area contributed by atoms with Crippen LogP contribution in [0, 0.1) is 0 Å². The number of rotatable bonds is 4. The smallest absolute Gasteiger partial charge is 0.0719 e. The fraction of sp³-hybridized carbons (Fsp3) is 0.588. The zero-order chi connectivity index (χ0) is 15.0. The summed E-state index contributed by atoms with van der Waals surface area (Å²) in [4.78, 5) is 2.34. The van der Waals surface area contributed by atoms with Crippen LogP contribution in [-0.4, -0.2) is 40.4 Å². The molecule has 0 saturated heterocycles. The summed E-state index contributed by atoms with van der Waals surface area (Å²) in [7, 11) is 6.35. The lowest BCUT2D eigenvalue weighted by molar-refractivity contribution is 0.122. The van der Waals surface area contributed by atoms with E-state index >= 15 is 0 Å². The largest absolute Gasteiger partial charge is 0.326 e.